The normalized spacial score (nSPS) is 11.8. The van der Waals surface area contributed by atoms with Crippen LogP contribution in [0.15, 0.2) is 118 Å². The van der Waals surface area contributed by atoms with Crippen molar-refractivity contribution in [3.05, 3.63) is 125 Å². The lowest BCUT2D eigenvalue weighted by Gasteiger charge is -2.14. The quantitative estimate of drug-likeness (QED) is 0.153. The fourth-order valence-corrected chi connectivity index (χ4v) is 4.63. The summed E-state index contributed by atoms with van der Waals surface area (Å²) in [4.78, 5) is 43.7. The van der Waals surface area contributed by atoms with Gasteiger partial charge < -0.3 is 16.0 Å². The van der Waals surface area contributed by atoms with Gasteiger partial charge >= 0.3 is 0 Å². The molecule has 3 amide bonds. The van der Waals surface area contributed by atoms with Gasteiger partial charge in [-0.1, -0.05) is 58.4 Å². The molecule has 3 N–H and O–H groups in total. The van der Waals surface area contributed by atoms with Gasteiger partial charge in [0, 0.05) is 26.8 Å². The molecule has 0 spiro atoms. The van der Waals surface area contributed by atoms with Crippen LogP contribution in [0.5, 0.6) is 0 Å². The maximum atomic E-state index is 13.3. The zero-order valence-corrected chi connectivity index (χ0v) is 23.3. The molecule has 0 fully saturated rings. The summed E-state index contributed by atoms with van der Waals surface area (Å²) in [6, 6.07) is 28.5. The third kappa shape index (κ3) is 8.39. The van der Waals surface area contributed by atoms with E-state index in [1.807, 2.05) is 36.4 Å². The molecule has 0 saturated heterocycles. The van der Waals surface area contributed by atoms with E-state index < -0.39 is 17.1 Å². The Balaban J connectivity index is 1.48. The molecule has 0 bridgehead atoms. The zero-order chi connectivity index (χ0) is 27.6. The van der Waals surface area contributed by atoms with E-state index in [0.717, 1.165) is 14.9 Å². The maximum Gasteiger partial charge on any atom is 0.272 e. The van der Waals surface area contributed by atoms with Gasteiger partial charge in [0.05, 0.1) is 5.25 Å². The number of hydrogen-bond donors (Lipinski definition) is 3. The number of rotatable bonds is 9. The van der Waals surface area contributed by atoms with E-state index >= 15 is 0 Å². The van der Waals surface area contributed by atoms with Crippen LogP contribution in [0.2, 0.25) is 0 Å². The number of nitrogens with zero attached hydrogens (tertiary/aromatic N) is 1. The molecule has 1 unspecified atom stereocenters. The second-order valence-electron chi connectivity index (χ2n) is 8.38. The number of anilines is 2. The van der Waals surface area contributed by atoms with Crippen LogP contribution in [0.3, 0.4) is 0 Å². The van der Waals surface area contributed by atoms with Crippen molar-refractivity contribution in [1.82, 2.24) is 10.3 Å². The Morgan fingerprint density at radius 3 is 2.33 bits per heavy atom. The molecule has 0 saturated carbocycles. The SMILES string of the molecule is CC(Sc1cccc(NC(=O)/C(=C/c2ccc(Br)cc2)NC(=O)c2ccccc2)c1)C(=O)Nc1ccccn1. The van der Waals surface area contributed by atoms with E-state index in [4.69, 9.17) is 0 Å². The molecule has 0 radical (unpaired) electrons. The molecule has 9 heteroatoms. The summed E-state index contributed by atoms with van der Waals surface area (Å²) in [6.07, 6.45) is 3.23. The number of carbonyl (C=O) groups is 3. The maximum absolute atomic E-state index is 13.3. The lowest BCUT2D eigenvalue weighted by atomic mass is 10.1. The molecule has 0 aliphatic heterocycles. The highest BCUT2D eigenvalue weighted by Gasteiger charge is 2.17. The molecule has 4 aromatic rings. The van der Waals surface area contributed by atoms with E-state index in [-0.39, 0.29) is 11.6 Å². The van der Waals surface area contributed by atoms with Crippen LogP contribution < -0.4 is 16.0 Å². The number of nitrogens with one attached hydrogen (secondary N) is 3. The molecule has 7 nitrogen and oxygen atoms in total. The molecular formula is C30H25BrN4O3S. The van der Waals surface area contributed by atoms with Crippen molar-refractivity contribution in [2.24, 2.45) is 0 Å². The largest absolute Gasteiger partial charge is 0.321 e. The lowest BCUT2D eigenvalue weighted by molar-refractivity contribution is -0.115. The van der Waals surface area contributed by atoms with E-state index in [0.29, 0.717) is 17.1 Å². The molecule has 0 aliphatic carbocycles. The van der Waals surface area contributed by atoms with Crippen molar-refractivity contribution in [2.75, 3.05) is 10.6 Å². The van der Waals surface area contributed by atoms with Gasteiger partial charge in [0.15, 0.2) is 0 Å². The van der Waals surface area contributed by atoms with Crippen molar-refractivity contribution in [1.29, 1.82) is 0 Å². The molecule has 4 rings (SSSR count). The number of benzene rings is 3. The van der Waals surface area contributed by atoms with Gasteiger partial charge in [0.1, 0.15) is 11.5 Å². The van der Waals surface area contributed by atoms with Gasteiger partial charge in [-0.15, -0.1) is 11.8 Å². The Kier molecular flexibility index (Phi) is 9.66. The van der Waals surface area contributed by atoms with Gasteiger partial charge in [0.25, 0.3) is 11.8 Å². The number of amides is 3. The zero-order valence-electron chi connectivity index (χ0n) is 20.9. The van der Waals surface area contributed by atoms with Crippen molar-refractivity contribution in [3.8, 4) is 0 Å². The number of pyridine rings is 1. The first-order chi connectivity index (χ1) is 18.9. The second-order valence-corrected chi connectivity index (χ2v) is 10.7. The second kappa shape index (κ2) is 13.5. The van der Waals surface area contributed by atoms with Gasteiger partial charge in [-0.3, -0.25) is 14.4 Å². The molecule has 1 aromatic heterocycles. The summed E-state index contributed by atoms with van der Waals surface area (Å²) in [6.45, 7) is 1.80. The summed E-state index contributed by atoms with van der Waals surface area (Å²) >= 11 is 4.76. The third-order valence-corrected chi connectivity index (χ3v) is 7.02. The average molecular weight is 602 g/mol. The van der Waals surface area contributed by atoms with Crippen molar-refractivity contribution in [2.45, 2.75) is 17.1 Å². The van der Waals surface area contributed by atoms with E-state index in [2.05, 4.69) is 36.9 Å². The number of carbonyl (C=O) groups excluding carboxylic acids is 3. The van der Waals surface area contributed by atoms with Gasteiger partial charge in [-0.2, -0.15) is 0 Å². The minimum atomic E-state index is -0.481. The number of halogens is 1. The first kappa shape index (κ1) is 27.8. The molecular weight excluding hydrogens is 576 g/mol. The highest BCUT2D eigenvalue weighted by atomic mass is 79.9. The molecule has 1 atom stereocenters. The number of thioether (sulfide) groups is 1. The molecule has 3 aromatic carbocycles. The summed E-state index contributed by atoms with van der Waals surface area (Å²) in [5.74, 6) is -0.577. The fraction of sp³-hybridized carbons (Fsp3) is 0.0667. The van der Waals surface area contributed by atoms with Crippen molar-refractivity contribution >= 4 is 63.0 Å². The Bertz CT molecular complexity index is 1480. The monoisotopic (exact) mass is 600 g/mol. The van der Waals surface area contributed by atoms with E-state index in [1.54, 1.807) is 79.9 Å². The Labute approximate surface area is 239 Å². The number of aromatic nitrogens is 1. The van der Waals surface area contributed by atoms with E-state index in [9.17, 15) is 14.4 Å². The van der Waals surface area contributed by atoms with Crippen LogP contribution in [-0.2, 0) is 9.59 Å². The summed E-state index contributed by atoms with van der Waals surface area (Å²) in [5, 5.41) is 7.98. The van der Waals surface area contributed by atoms with Gasteiger partial charge in [-0.05, 0) is 73.2 Å². The summed E-state index contributed by atoms with van der Waals surface area (Å²) in [7, 11) is 0. The van der Waals surface area contributed by atoms with Crippen LogP contribution in [0.25, 0.3) is 6.08 Å². The average Bonchev–Trinajstić information content (AvgIpc) is 2.95. The van der Waals surface area contributed by atoms with Crippen LogP contribution in [-0.4, -0.2) is 28.0 Å². The third-order valence-electron chi connectivity index (χ3n) is 5.40. The van der Waals surface area contributed by atoms with Gasteiger partial charge in [-0.25, -0.2) is 4.98 Å². The number of hydrogen-bond acceptors (Lipinski definition) is 5. The van der Waals surface area contributed by atoms with Gasteiger partial charge in [0.2, 0.25) is 5.91 Å². The smallest absolute Gasteiger partial charge is 0.272 e. The van der Waals surface area contributed by atoms with Crippen molar-refractivity contribution < 1.29 is 14.4 Å². The Morgan fingerprint density at radius 1 is 0.872 bits per heavy atom. The van der Waals surface area contributed by atoms with E-state index in [1.165, 1.54) is 11.8 Å². The summed E-state index contributed by atoms with van der Waals surface area (Å²) < 4.78 is 0.899. The summed E-state index contributed by atoms with van der Waals surface area (Å²) in [5.41, 5.74) is 1.79. The lowest BCUT2D eigenvalue weighted by Crippen LogP contribution is -2.30. The fourth-order valence-electron chi connectivity index (χ4n) is 3.44. The van der Waals surface area contributed by atoms with Crippen LogP contribution in [0.4, 0.5) is 11.5 Å². The highest BCUT2D eigenvalue weighted by Crippen LogP contribution is 2.27. The predicted molar refractivity (Wildman–Crippen MR) is 159 cm³/mol. The first-order valence-corrected chi connectivity index (χ1v) is 13.7. The molecule has 39 heavy (non-hydrogen) atoms. The highest BCUT2D eigenvalue weighted by molar-refractivity contribution is 9.10. The minimum absolute atomic E-state index is 0.0901. The van der Waals surface area contributed by atoms with Crippen LogP contribution in [0.1, 0.15) is 22.8 Å². The van der Waals surface area contributed by atoms with Crippen LogP contribution >= 0.6 is 27.7 Å². The minimum Gasteiger partial charge on any atom is -0.321 e. The van der Waals surface area contributed by atoms with Crippen LogP contribution in [0, 0.1) is 0 Å². The molecule has 196 valence electrons. The Morgan fingerprint density at radius 2 is 1.62 bits per heavy atom. The topological polar surface area (TPSA) is 100 Å². The molecule has 1 heterocycles. The predicted octanol–water partition coefficient (Wildman–Crippen LogP) is 6.37. The standard InChI is InChI=1S/C30H25BrN4O3S/c1-20(28(36)35-27-12-5-6-17-32-27)39-25-11-7-10-24(19-25)33-30(38)26(18-21-13-15-23(31)16-14-21)34-29(37)22-8-3-2-4-9-22/h2-20H,1H3,(H,33,38)(H,34,37)(H,32,35,36)/b26-18-. The Hall–Kier alpha value is -4.21. The van der Waals surface area contributed by atoms with Crippen molar-refractivity contribution in [3.63, 3.8) is 0 Å². The first-order valence-electron chi connectivity index (χ1n) is 12.0. The molecule has 0 aliphatic rings.